The molecule has 8 heteroatoms. The molecular formula is C19H21FN2O5. The number of carbonyl (C=O) groups excluding carboxylic acids is 4. The van der Waals surface area contributed by atoms with Crippen molar-refractivity contribution in [1.82, 2.24) is 4.90 Å². The zero-order valence-electron chi connectivity index (χ0n) is 14.9. The van der Waals surface area contributed by atoms with Crippen molar-refractivity contribution in [1.29, 1.82) is 0 Å². The molecule has 1 heterocycles. The van der Waals surface area contributed by atoms with E-state index < -0.39 is 30.3 Å². The van der Waals surface area contributed by atoms with Crippen LogP contribution in [0.5, 0.6) is 0 Å². The Kier molecular flexibility index (Phi) is 5.53. The lowest BCUT2D eigenvalue weighted by Gasteiger charge is -2.21. The fourth-order valence-electron chi connectivity index (χ4n) is 3.70. The fraction of sp³-hybridized carbons (Fsp3) is 0.474. The lowest BCUT2D eigenvalue weighted by Crippen LogP contribution is -2.45. The van der Waals surface area contributed by atoms with Crippen LogP contribution in [0.3, 0.4) is 0 Å². The quantitative estimate of drug-likeness (QED) is 0.626. The molecule has 144 valence electrons. The van der Waals surface area contributed by atoms with Gasteiger partial charge in [0.2, 0.25) is 11.8 Å². The highest BCUT2D eigenvalue weighted by molar-refractivity contribution is 6.08. The first kappa shape index (κ1) is 19.0. The molecule has 0 aromatic heterocycles. The lowest BCUT2D eigenvalue weighted by molar-refractivity contribution is -0.159. The summed E-state index contributed by atoms with van der Waals surface area (Å²) >= 11 is 0. The second kappa shape index (κ2) is 7.85. The minimum atomic E-state index is -1.09. The zero-order chi connectivity index (χ0) is 19.6. The molecule has 2 aliphatic rings. The number of carbonyl (C=O) groups is 4. The van der Waals surface area contributed by atoms with E-state index in [2.05, 4.69) is 5.32 Å². The number of esters is 1. The molecule has 1 aliphatic carbocycles. The normalized spacial score (nSPS) is 23.0. The maximum Gasteiger partial charge on any atom is 0.329 e. The van der Waals surface area contributed by atoms with E-state index in [0.717, 1.165) is 23.8 Å². The van der Waals surface area contributed by atoms with Gasteiger partial charge in [-0.1, -0.05) is 18.9 Å². The minimum absolute atomic E-state index is 0.234. The standard InChI is InChI=1S/C19H21FN2O5/c1-11(22-17(24)14-7-2-3-8-15(14)18(22)25)19(26)27-10-16(23)21-13-6-4-5-12(20)9-13/h4-6,9,11,14-15H,2-3,7-8,10H2,1H3,(H,21,23)/t11-,14?,15?/m0/s1. The molecule has 1 N–H and O–H groups in total. The van der Waals surface area contributed by atoms with Crippen LogP contribution in [0.15, 0.2) is 24.3 Å². The molecule has 7 nitrogen and oxygen atoms in total. The largest absolute Gasteiger partial charge is 0.454 e. The van der Waals surface area contributed by atoms with Crippen LogP contribution in [0.25, 0.3) is 0 Å². The summed E-state index contributed by atoms with van der Waals surface area (Å²) in [4.78, 5) is 50.0. The number of hydrogen-bond acceptors (Lipinski definition) is 5. The average molecular weight is 376 g/mol. The van der Waals surface area contributed by atoms with Crippen LogP contribution in [-0.2, 0) is 23.9 Å². The lowest BCUT2D eigenvalue weighted by atomic mass is 9.81. The van der Waals surface area contributed by atoms with Crippen LogP contribution in [0.2, 0.25) is 0 Å². The number of nitrogens with zero attached hydrogens (tertiary/aromatic N) is 1. The smallest absolute Gasteiger partial charge is 0.329 e. The third kappa shape index (κ3) is 3.99. The predicted octanol–water partition coefficient (Wildman–Crippen LogP) is 1.87. The number of benzene rings is 1. The summed E-state index contributed by atoms with van der Waals surface area (Å²) in [5.41, 5.74) is 0.234. The molecule has 1 saturated carbocycles. The van der Waals surface area contributed by atoms with Gasteiger partial charge in [0.05, 0.1) is 11.8 Å². The maximum absolute atomic E-state index is 13.1. The van der Waals surface area contributed by atoms with Crippen LogP contribution in [-0.4, -0.2) is 41.2 Å². The minimum Gasteiger partial charge on any atom is -0.454 e. The highest BCUT2D eigenvalue weighted by Gasteiger charge is 2.51. The Labute approximate surface area is 155 Å². The van der Waals surface area contributed by atoms with Gasteiger partial charge >= 0.3 is 5.97 Å². The van der Waals surface area contributed by atoms with Crippen LogP contribution >= 0.6 is 0 Å². The molecule has 2 unspecified atom stereocenters. The van der Waals surface area contributed by atoms with E-state index >= 15 is 0 Å². The number of likely N-dealkylation sites (tertiary alicyclic amines) is 1. The third-order valence-electron chi connectivity index (χ3n) is 5.06. The van der Waals surface area contributed by atoms with Crippen molar-refractivity contribution in [2.45, 2.75) is 38.6 Å². The van der Waals surface area contributed by atoms with Gasteiger partial charge in [-0.15, -0.1) is 0 Å². The van der Waals surface area contributed by atoms with Crippen LogP contribution < -0.4 is 5.32 Å². The summed E-state index contributed by atoms with van der Waals surface area (Å²) in [6.07, 6.45) is 3.10. The number of amides is 3. The van der Waals surface area contributed by atoms with Gasteiger partial charge in [-0.2, -0.15) is 0 Å². The van der Waals surface area contributed by atoms with Crippen molar-refractivity contribution in [3.05, 3.63) is 30.1 Å². The third-order valence-corrected chi connectivity index (χ3v) is 5.06. The molecule has 1 aromatic carbocycles. The van der Waals surface area contributed by atoms with Crippen molar-refractivity contribution >= 4 is 29.4 Å². The molecule has 3 rings (SSSR count). The van der Waals surface area contributed by atoms with Gasteiger partial charge in [0.15, 0.2) is 6.61 Å². The van der Waals surface area contributed by atoms with Crippen molar-refractivity contribution in [3.63, 3.8) is 0 Å². The fourth-order valence-corrected chi connectivity index (χ4v) is 3.70. The molecular weight excluding hydrogens is 355 g/mol. The summed E-state index contributed by atoms with van der Waals surface area (Å²) in [6.45, 7) is 0.822. The second-order valence-electron chi connectivity index (χ2n) is 6.89. The van der Waals surface area contributed by atoms with Gasteiger partial charge in [-0.05, 0) is 38.0 Å². The molecule has 27 heavy (non-hydrogen) atoms. The Morgan fingerprint density at radius 3 is 2.44 bits per heavy atom. The van der Waals surface area contributed by atoms with Crippen LogP contribution in [0.4, 0.5) is 10.1 Å². The second-order valence-corrected chi connectivity index (χ2v) is 6.89. The molecule has 0 spiro atoms. The molecule has 1 aromatic rings. The number of fused-ring (bicyclic) bond motifs is 1. The molecule has 3 amide bonds. The maximum atomic E-state index is 13.1. The Morgan fingerprint density at radius 2 is 1.85 bits per heavy atom. The van der Waals surface area contributed by atoms with Gasteiger partial charge in [-0.25, -0.2) is 9.18 Å². The van der Waals surface area contributed by atoms with Crippen molar-refractivity contribution in [2.24, 2.45) is 11.8 Å². The predicted molar refractivity (Wildman–Crippen MR) is 92.8 cm³/mol. The van der Waals surface area contributed by atoms with Gasteiger partial charge in [-0.3, -0.25) is 19.3 Å². The topological polar surface area (TPSA) is 92.8 Å². The number of nitrogens with one attached hydrogen (secondary N) is 1. The molecule has 1 saturated heterocycles. The molecule has 0 radical (unpaired) electrons. The Bertz CT molecular complexity index is 757. The first-order chi connectivity index (χ1) is 12.9. The SMILES string of the molecule is C[C@@H](C(=O)OCC(=O)Nc1cccc(F)c1)N1C(=O)C2CCCCC2C1=O. The first-order valence-corrected chi connectivity index (χ1v) is 8.97. The van der Waals surface area contributed by atoms with E-state index in [0.29, 0.717) is 12.8 Å². The highest BCUT2D eigenvalue weighted by atomic mass is 19.1. The number of halogens is 1. The Hall–Kier alpha value is -2.77. The van der Waals surface area contributed by atoms with E-state index in [1.807, 2.05) is 0 Å². The Balaban J connectivity index is 1.55. The van der Waals surface area contributed by atoms with E-state index in [-0.39, 0.29) is 29.3 Å². The summed E-state index contributed by atoms with van der Waals surface area (Å²) in [6, 6.07) is 4.21. The van der Waals surface area contributed by atoms with E-state index in [9.17, 15) is 23.6 Å². The number of rotatable bonds is 5. The molecule has 1 aliphatic heterocycles. The molecule has 2 fully saturated rings. The van der Waals surface area contributed by atoms with Gasteiger partial charge < -0.3 is 10.1 Å². The highest BCUT2D eigenvalue weighted by Crippen LogP contribution is 2.38. The first-order valence-electron chi connectivity index (χ1n) is 8.97. The zero-order valence-corrected chi connectivity index (χ0v) is 14.9. The average Bonchev–Trinajstić information content (AvgIpc) is 2.90. The summed E-state index contributed by atoms with van der Waals surface area (Å²) < 4.78 is 18.0. The van der Waals surface area contributed by atoms with E-state index in [4.69, 9.17) is 4.74 Å². The number of ether oxygens (including phenoxy) is 1. The van der Waals surface area contributed by atoms with Crippen LogP contribution in [0.1, 0.15) is 32.6 Å². The summed E-state index contributed by atoms with van der Waals surface area (Å²) in [7, 11) is 0. The van der Waals surface area contributed by atoms with Crippen molar-refractivity contribution < 1.29 is 28.3 Å². The molecule has 3 atom stereocenters. The van der Waals surface area contributed by atoms with E-state index in [1.54, 1.807) is 0 Å². The van der Waals surface area contributed by atoms with Crippen molar-refractivity contribution in [2.75, 3.05) is 11.9 Å². The number of imide groups is 1. The van der Waals surface area contributed by atoms with Crippen LogP contribution in [0, 0.1) is 17.7 Å². The number of anilines is 1. The summed E-state index contributed by atoms with van der Waals surface area (Å²) in [5.74, 6) is -3.35. The van der Waals surface area contributed by atoms with Gasteiger partial charge in [0, 0.05) is 5.69 Å². The van der Waals surface area contributed by atoms with Crippen molar-refractivity contribution in [3.8, 4) is 0 Å². The van der Waals surface area contributed by atoms with E-state index in [1.165, 1.54) is 25.1 Å². The molecule has 0 bridgehead atoms. The summed E-state index contributed by atoms with van der Waals surface area (Å²) in [5, 5.41) is 2.40. The number of hydrogen-bond donors (Lipinski definition) is 1. The van der Waals surface area contributed by atoms with Gasteiger partial charge in [0.1, 0.15) is 11.9 Å². The Morgan fingerprint density at radius 1 is 1.22 bits per heavy atom. The van der Waals surface area contributed by atoms with Gasteiger partial charge in [0.25, 0.3) is 5.91 Å². The monoisotopic (exact) mass is 376 g/mol.